The number of rotatable bonds is 4. The van der Waals surface area contributed by atoms with Crippen LogP contribution in [-0.2, 0) is 4.79 Å². The average Bonchev–Trinajstić information content (AvgIpc) is 3.34. The second-order valence-electron chi connectivity index (χ2n) is 7.91. The van der Waals surface area contributed by atoms with Gasteiger partial charge in [0.25, 0.3) is 0 Å². The van der Waals surface area contributed by atoms with Gasteiger partial charge in [-0.05, 0) is 58.0 Å². The molecule has 6 heteroatoms. The van der Waals surface area contributed by atoms with E-state index in [1.807, 2.05) is 23.2 Å². The normalized spacial score (nSPS) is 25.0. The number of anilines is 1. The number of pyridine rings is 1. The summed E-state index contributed by atoms with van der Waals surface area (Å²) in [5.41, 5.74) is 0. The SMILES string of the molecule is CN1CCC(C(=O)N2CC[C@H](Oc3cccnc3N3CCCC3)C2)CC1. The van der Waals surface area contributed by atoms with Gasteiger partial charge >= 0.3 is 0 Å². The van der Waals surface area contributed by atoms with E-state index in [1.54, 1.807) is 0 Å². The zero-order chi connectivity index (χ0) is 17.9. The van der Waals surface area contributed by atoms with Gasteiger partial charge in [-0.2, -0.15) is 0 Å². The molecule has 142 valence electrons. The quantitative estimate of drug-likeness (QED) is 0.824. The largest absolute Gasteiger partial charge is 0.485 e. The van der Waals surface area contributed by atoms with Crippen LogP contribution in [0.25, 0.3) is 0 Å². The predicted octanol–water partition coefficient (Wildman–Crippen LogP) is 2.00. The number of hydrogen-bond acceptors (Lipinski definition) is 5. The van der Waals surface area contributed by atoms with Crippen molar-refractivity contribution in [2.24, 2.45) is 5.92 Å². The summed E-state index contributed by atoms with van der Waals surface area (Å²) >= 11 is 0. The average molecular weight is 358 g/mol. The maximum Gasteiger partial charge on any atom is 0.225 e. The van der Waals surface area contributed by atoms with Crippen molar-refractivity contribution in [1.29, 1.82) is 0 Å². The summed E-state index contributed by atoms with van der Waals surface area (Å²) in [6.07, 6.45) is 7.24. The fourth-order valence-electron chi connectivity index (χ4n) is 4.36. The number of carbonyl (C=O) groups is 1. The molecule has 1 amide bonds. The highest BCUT2D eigenvalue weighted by molar-refractivity contribution is 5.79. The lowest BCUT2D eigenvalue weighted by molar-refractivity contribution is -0.136. The van der Waals surface area contributed by atoms with Crippen LogP contribution in [0.3, 0.4) is 0 Å². The van der Waals surface area contributed by atoms with Crippen molar-refractivity contribution >= 4 is 11.7 Å². The Kier molecular flexibility index (Phi) is 5.29. The zero-order valence-electron chi connectivity index (χ0n) is 15.8. The Morgan fingerprint density at radius 2 is 1.88 bits per heavy atom. The van der Waals surface area contributed by atoms with Crippen molar-refractivity contribution in [2.45, 2.75) is 38.2 Å². The highest BCUT2D eigenvalue weighted by atomic mass is 16.5. The van der Waals surface area contributed by atoms with E-state index in [-0.39, 0.29) is 12.0 Å². The third-order valence-corrected chi connectivity index (χ3v) is 5.97. The Balaban J connectivity index is 1.35. The summed E-state index contributed by atoms with van der Waals surface area (Å²) in [6, 6.07) is 3.95. The minimum atomic E-state index is 0.0794. The van der Waals surface area contributed by atoms with E-state index >= 15 is 0 Å². The molecule has 1 aromatic rings. The molecule has 4 heterocycles. The number of piperidine rings is 1. The standard InChI is InChI=1S/C20H30N4O2/c1-22-12-6-16(7-13-22)20(25)24-14-8-17(15-24)26-18-5-4-9-21-19(18)23-10-2-3-11-23/h4-5,9,16-17H,2-3,6-8,10-15H2,1H3/t17-/m0/s1. The maximum absolute atomic E-state index is 12.8. The van der Waals surface area contributed by atoms with Gasteiger partial charge in [-0.3, -0.25) is 4.79 Å². The van der Waals surface area contributed by atoms with Gasteiger partial charge in [-0.25, -0.2) is 4.98 Å². The van der Waals surface area contributed by atoms with Crippen LogP contribution < -0.4 is 9.64 Å². The van der Waals surface area contributed by atoms with Crippen molar-refractivity contribution in [3.8, 4) is 5.75 Å². The molecule has 0 spiro atoms. The van der Waals surface area contributed by atoms with Crippen molar-refractivity contribution in [3.63, 3.8) is 0 Å². The molecular weight excluding hydrogens is 328 g/mol. The van der Waals surface area contributed by atoms with E-state index in [2.05, 4.69) is 21.8 Å². The molecule has 3 fully saturated rings. The molecule has 6 nitrogen and oxygen atoms in total. The number of aromatic nitrogens is 1. The van der Waals surface area contributed by atoms with Crippen LogP contribution in [0.2, 0.25) is 0 Å². The molecule has 1 aromatic heterocycles. The molecule has 0 aliphatic carbocycles. The summed E-state index contributed by atoms with van der Waals surface area (Å²) in [5, 5.41) is 0. The van der Waals surface area contributed by atoms with Gasteiger partial charge in [0.2, 0.25) is 5.91 Å². The molecule has 4 rings (SSSR count). The van der Waals surface area contributed by atoms with Crippen LogP contribution in [0.1, 0.15) is 32.1 Å². The van der Waals surface area contributed by atoms with E-state index in [1.165, 1.54) is 12.8 Å². The topological polar surface area (TPSA) is 48.9 Å². The lowest BCUT2D eigenvalue weighted by Crippen LogP contribution is -2.41. The van der Waals surface area contributed by atoms with Gasteiger partial charge in [-0.1, -0.05) is 0 Å². The Hall–Kier alpha value is -1.82. The molecule has 3 saturated heterocycles. The van der Waals surface area contributed by atoms with Crippen LogP contribution in [-0.4, -0.2) is 73.1 Å². The highest BCUT2D eigenvalue weighted by Gasteiger charge is 2.33. The Bertz CT molecular complexity index is 624. The molecule has 0 bridgehead atoms. The first-order chi connectivity index (χ1) is 12.7. The number of hydrogen-bond donors (Lipinski definition) is 0. The molecular formula is C20H30N4O2. The van der Waals surface area contributed by atoms with Crippen LogP contribution in [0.15, 0.2) is 18.3 Å². The Morgan fingerprint density at radius 1 is 1.12 bits per heavy atom. The van der Waals surface area contributed by atoms with Gasteiger partial charge < -0.3 is 19.4 Å². The monoisotopic (exact) mass is 358 g/mol. The fraction of sp³-hybridized carbons (Fsp3) is 0.700. The third-order valence-electron chi connectivity index (χ3n) is 5.97. The van der Waals surface area contributed by atoms with Gasteiger partial charge in [0.15, 0.2) is 11.6 Å². The van der Waals surface area contributed by atoms with E-state index in [0.29, 0.717) is 12.5 Å². The summed E-state index contributed by atoms with van der Waals surface area (Å²) in [7, 11) is 2.13. The van der Waals surface area contributed by atoms with Crippen molar-refractivity contribution in [3.05, 3.63) is 18.3 Å². The Morgan fingerprint density at radius 3 is 2.65 bits per heavy atom. The summed E-state index contributed by atoms with van der Waals surface area (Å²) in [6.45, 7) is 5.68. The van der Waals surface area contributed by atoms with Crippen molar-refractivity contribution in [1.82, 2.24) is 14.8 Å². The molecule has 0 saturated carbocycles. The first kappa shape index (κ1) is 17.6. The summed E-state index contributed by atoms with van der Waals surface area (Å²) in [4.78, 5) is 24.0. The van der Waals surface area contributed by atoms with Crippen molar-refractivity contribution < 1.29 is 9.53 Å². The number of nitrogens with zero attached hydrogens (tertiary/aromatic N) is 4. The molecule has 0 unspecified atom stereocenters. The number of amides is 1. The van der Waals surface area contributed by atoms with E-state index < -0.39 is 0 Å². The molecule has 3 aliphatic heterocycles. The summed E-state index contributed by atoms with van der Waals surface area (Å²) < 4.78 is 6.30. The smallest absolute Gasteiger partial charge is 0.225 e. The fourth-order valence-corrected chi connectivity index (χ4v) is 4.36. The van der Waals surface area contributed by atoms with Gasteiger partial charge in [0.05, 0.1) is 6.54 Å². The number of likely N-dealkylation sites (tertiary alicyclic amines) is 2. The van der Waals surface area contributed by atoms with Crippen molar-refractivity contribution in [2.75, 3.05) is 51.2 Å². The highest BCUT2D eigenvalue weighted by Crippen LogP contribution is 2.31. The number of ether oxygens (including phenoxy) is 1. The predicted molar refractivity (Wildman–Crippen MR) is 102 cm³/mol. The van der Waals surface area contributed by atoms with Crippen LogP contribution >= 0.6 is 0 Å². The van der Waals surface area contributed by atoms with E-state index in [9.17, 15) is 4.79 Å². The molecule has 0 aromatic carbocycles. The lowest BCUT2D eigenvalue weighted by atomic mass is 9.96. The molecule has 1 atom stereocenters. The van der Waals surface area contributed by atoms with Gasteiger partial charge in [-0.15, -0.1) is 0 Å². The molecule has 0 radical (unpaired) electrons. The van der Waals surface area contributed by atoms with Gasteiger partial charge in [0, 0.05) is 38.2 Å². The molecule has 3 aliphatic rings. The lowest BCUT2D eigenvalue weighted by Gasteiger charge is -2.30. The minimum absolute atomic E-state index is 0.0794. The maximum atomic E-state index is 12.8. The van der Waals surface area contributed by atoms with E-state index in [0.717, 1.165) is 63.6 Å². The second-order valence-corrected chi connectivity index (χ2v) is 7.91. The second kappa shape index (κ2) is 7.82. The van der Waals surface area contributed by atoms with Crippen LogP contribution in [0, 0.1) is 5.92 Å². The third kappa shape index (κ3) is 3.80. The first-order valence-electron chi connectivity index (χ1n) is 10.0. The zero-order valence-corrected chi connectivity index (χ0v) is 15.8. The number of carbonyl (C=O) groups excluding carboxylic acids is 1. The van der Waals surface area contributed by atoms with Gasteiger partial charge in [0.1, 0.15) is 6.10 Å². The minimum Gasteiger partial charge on any atom is -0.485 e. The molecule has 26 heavy (non-hydrogen) atoms. The molecule has 0 N–H and O–H groups in total. The van der Waals surface area contributed by atoms with E-state index in [4.69, 9.17) is 4.74 Å². The van der Waals surface area contributed by atoms with Crippen LogP contribution in [0.4, 0.5) is 5.82 Å². The van der Waals surface area contributed by atoms with Crippen LogP contribution in [0.5, 0.6) is 5.75 Å². The first-order valence-corrected chi connectivity index (χ1v) is 10.0. The Labute approximate surface area is 156 Å². The summed E-state index contributed by atoms with van der Waals surface area (Å²) in [5.74, 6) is 2.36.